The molecule has 158 valence electrons. The van der Waals surface area contributed by atoms with Crippen LogP contribution >= 0.6 is 11.3 Å². The van der Waals surface area contributed by atoms with Crippen LogP contribution in [0.4, 0.5) is 13.2 Å². The van der Waals surface area contributed by atoms with E-state index in [0.29, 0.717) is 6.04 Å². The smallest absolute Gasteiger partial charge is 0.475 e. The summed E-state index contributed by atoms with van der Waals surface area (Å²) in [6, 6.07) is 0.519. The van der Waals surface area contributed by atoms with Crippen LogP contribution in [0.2, 0.25) is 0 Å². The van der Waals surface area contributed by atoms with Crippen molar-refractivity contribution in [2.45, 2.75) is 70.6 Å². The minimum absolute atomic E-state index is 0.0313. The Labute approximate surface area is 164 Å². The fourth-order valence-electron chi connectivity index (χ4n) is 3.26. The normalized spacial score (nSPS) is 24.6. The molecule has 0 aromatic carbocycles. The van der Waals surface area contributed by atoms with E-state index in [1.54, 1.807) is 11.3 Å². The van der Waals surface area contributed by atoms with Gasteiger partial charge >= 0.3 is 12.1 Å². The molecule has 1 aromatic rings. The van der Waals surface area contributed by atoms with Gasteiger partial charge in [0, 0.05) is 37.0 Å². The van der Waals surface area contributed by atoms with Crippen LogP contribution < -0.4 is 5.32 Å². The van der Waals surface area contributed by atoms with Gasteiger partial charge in [-0.25, -0.2) is 9.78 Å². The minimum Gasteiger partial charge on any atom is -0.475 e. The zero-order valence-corrected chi connectivity index (χ0v) is 16.6. The molecule has 0 bridgehead atoms. The Bertz CT molecular complexity index is 695. The highest BCUT2D eigenvalue weighted by molar-refractivity contribution is 7.09. The number of alkyl halides is 3. The maximum atomic E-state index is 12.1. The topological polar surface area (TPSA) is 91.8 Å². The summed E-state index contributed by atoms with van der Waals surface area (Å²) in [4.78, 5) is 27.9. The van der Waals surface area contributed by atoms with Gasteiger partial charge in [-0.1, -0.05) is 0 Å². The van der Waals surface area contributed by atoms with E-state index in [0.717, 1.165) is 36.6 Å². The van der Waals surface area contributed by atoms with Crippen molar-refractivity contribution in [1.29, 1.82) is 0 Å². The van der Waals surface area contributed by atoms with Crippen LogP contribution in [0.1, 0.15) is 37.4 Å². The summed E-state index contributed by atoms with van der Waals surface area (Å²) in [5, 5.41) is 13.3. The number of thiazole rings is 1. The lowest BCUT2D eigenvalue weighted by atomic mass is 10.1. The number of hydrogen-bond donors (Lipinski definition) is 2. The Balaban J connectivity index is 0.000000345. The van der Waals surface area contributed by atoms with E-state index < -0.39 is 12.1 Å². The van der Waals surface area contributed by atoms with E-state index >= 15 is 0 Å². The van der Waals surface area contributed by atoms with Crippen molar-refractivity contribution in [3.63, 3.8) is 0 Å². The van der Waals surface area contributed by atoms with E-state index in [2.05, 4.69) is 20.6 Å². The molecule has 11 heteroatoms. The largest absolute Gasteiger partial charge is 0.490 e. The average Bonchev–Trinajstić information content (AvgIpc) is 3.24. The predicted octanol–water partition coefficient (Wildman–Crippen LogP) is 2.34. The number of nitrogens with zero attached hydrogens (tertiary/aromatic N) is 2. The molecule has 2 N–H and O–H groups in total. The molecule has 3 atom stereocenters. The van der Waals surface area contributed by atoms with Crippen LogP contribution in [0, 0.1) is 6.92 Å². The lowest BCUT2D eigenvalue weighted by Crippen LogP contribution is -2.39. The number of fused-ring (bicyclic) bond motifs is 1. The Morgan fingerprint density at radius 3 is 2.61 bits per heavy atom. The highest BCUT2D eigenvalue weighted by Gasteiger charge is 2.45. The first-order valence-corrected chi connectivity index (χ1v) is 9.76. The number of aryl methyl sites for hydroxylation is 1. The highest BCUT2D eigenvalue weighted by Crippen LogP contribution is 2.34. The number of rotatable bonds is 4. The molecular formula is C17H24F3N3O4S. The monoisotopic (exact) mass is 423 g/mol. The number of aliphatic carboxylic acids is 1. The van der Waals surface area contributed by atoms with Crippen molar-refractivity contribution >= 4 is 23.2 Å². The van der Waals surface area contributed by atoms with Gasteiger partial charge in [-0.05, 0) is 27.2 Å². The lowest BCUT2D eigenvalue weighted by molar-refractivity contribution is -0.192. The van der Waals surface area contributed by atoms with E-state index in [1.165, 1.54) is 0 Å². The molecule has 0 radical (unpaired) electrons. The number of halogens is 3. The predicted molar refractivity (Wildman–Crippen MR) is 95.9 cm³/mol. The number of aromatic nitrogens is 1. The van der Waals surface area contributed by atoms with Crippen molar-refractivity contribution in [2.24, 2.45) is 0 Å². The molecule has 0 unspecified atom stereocenters. The molecule has 2 aliphatic rings. The molecule has 3 heterocycles. The summed E-state index contributed by atoms with van der Waals surface area (Å²) in [5.41, 5.74) is 1.13. The SMILES string of the molecule is Cc1nc(CN2CC[C@@H]3O[C@@H](C(=O)NC(C)C)C[C@@H]32)cs1.O=C(O)C(F)(F)F. The van der Waals surface area contributed by atoms with Gasteiger partial charge in [0.2, 0.25) is 5.91 Å². The van der Waals surface area contributed by atoms with Crippen molar-refractivity contribution in [3.05, 3.63) is 16.1 Å². The molecule has 1 amide bonds. The van der Waals surface area contributed by atoms with Crippen molar-refractivity contribution in [3.8, 4) is 0 Å². The van der Waals surface area contributed by atoms with Crippen LogP contribution in [0.5, 0.6) is 0 Å². The summed E-state index contributed by atoms with van der Waals surface area (Å²) in [7, 11) is 0. The van der Waals surface area contributed by atoms with Crippen LogP contribution in [-0.4, -0.2) is 63.9 Å². The van der Waals surface area contributed by atoms with Crippen LogP contribution in [-0.2, 0) is 20.9 Å². The Morgan fingerprint density at radius 1 is 1.46 bits per heavy atom. The Hall–Kier alpha value is -1.72. The van der Waals surface area contributed by atoms with Crippen LogP contribution in [0.25, 0.3) is 0 Å². The van der Waals surface area contributed by atoms with E-state index in [1.807, 2.05) is 20.8 Å². The molecule has 7 nitrogen and oxygen atoms in total. The second kappa shape index (κ2) is 9.19. The second-order valence-electron chi connectivity index (χ2n) is 7.05. The zero-order valence-electron chi connectivity index (χ0n) is 15.8. The van der Waals surface area contributed by atoms with Gasteiger partial charge in [-0.3, -0.25) is 9.69 Å². The van der Waals surface area contributed by atoms with Gasteiger partial charge in [-0.15, -0.1) is 11.3 Å². The van der Waals surface area contributed by atoms with Crippen LogP contribution in [0.3, 0.4) is 0 Å². The fraction of sp³-hybridized carbons (Fsp3) is 0.706. The molecule has 0 saturated carbocycles. The molecule has 1 aromatic heterocycles. The van der Waals surface area contributed by atoms with Gasteiger partial charge in [-0.2, -0.15) is 13.2 Å². The summed E-state index contributed by atoms with van der Waals surface area (Å²) < 4.78 is 37.7. The van der Waals surface area contributed by atoms with Gasteiger partial charge in [0.15, 0.2) is 0 Å². The number of likely N-dealkylation sites (tertiary alicyclic amines) is 1. The first-order valence-electron chi connectivity index (χ1n) is 8.88. The summed E-state index contributed by atoms with van der Waals surface area (Å²) in [6.07, 6.45) is -3.36. The fourth-order valence-corrected chi connectivity index (χ4v) is 3.87. The standard InChI is InChI=1S/C15H23N3O2S.C2HF3O2/c1-9(2)16-15(19)14-6-12-13(20-14)4-5-18(12)7-11-8-21-10(3)17-11;3-2(4,5)1(6)7/h8-9,12-14H,4-7H2,1-3H3,(H,16,19);(H,6,7)/t12-,13-,14+;/m0./s1. The number of carbonyl (C=O) groups is 2. The van der Waals surface area contributed by atoms with Gasteiger partial charge < -0.3 is 15.2 Å². The average molecular weight is 423 g/mol. The third-order valence-corrected chi connectivity index (χ3v) is 5.21. The molecule has 0 aliphatic carbocycles. The third-order valence-electron chi connectivity index (χ3n) is 4.39. The van der Waals surface area contributed by atoms with E-state index in [-0.39, 0.29) is 24.2 Å². The van der Waals surface area contributed by atoms with E-state index in [4.69, 9.17) is 14.6 Å². The maximum absolute atomic E-state index is 12.1. The number of carbonyl (C=O) groups excluding carboxylic acids is 1. The molecule has 2 fully saturated rings. The Kier molecular flexibility index (Phi) is 7.40. The van der Waals surface area contributed by atoms with Gasteiger partial charge in [0.25, 0.3) is 0 Å². The van der Waals surface area contributed by atoms with E-state index in [9.17, 15) is 18.0 Å². The van der Waals surface area contributed by atoms with Crippen molar-refractivity contribution in [1.82, 2.24) is 15.2 Å². The Morgan fingerprint density at radius 2 is 2.11 bits per heavy atom. The zero-order chi connectivity index (χ0) is 21.1. The molecule has 0 spiro atoms. The number of carboxylic acid groups (broad SMARTS) is 1. The molecule has 28 heavy (non-hydrogen) atoms. The van der Waals surface area contributed by atoms with Crippen molar-refractivity contribution < 1.29 is 32.6 Å². The molecular weight excluding hydrogens is 399 g/mol. The number of nitrogens with one attached hydrogen (secondary N) is 1. The summed E-state index contributed by atoms with van der Waals surface area (Å²) >= 11 is 1.69. The van der Waals surface area contributed by atoms with Crippen LogP contribution in [0.15, 0.2) is 5.38 Å². The summed E-state index contributed by atoms with van der Waals surface area (Å²) in [5.74, 6) is -2.73. The first kappa shape index (κ1) is 22.6. The quantitative estimate of drug-likeness (QED) is 0.773. The first-order chi connectivity index (χ1) is 13.0. The third kappa shape index (κ3) is 6.14. The number of ether oxygens (including phenoxy) is 1. The molecule has 2 saturated heterocycles. The highest BCUT2D eigenvalue weighted by atomic mass is 32.1. The minimum atomic E-state index is -5.08. The second-order valence-corrected chi connectivity index (χ2v) is 8.11. The van der Waals surface area contributed by atoms with Crippen molar-refractivity contribution in [2.75, 3.05) is 6.54 Å². The van der Waals surface area contributed by atoms with Gasteiger partial charge in [0.05, 0.1) is 16.8 Å². The lowest BCUT2D eigenvalue weighted by Gasteiger charge is -2.21. The molecule has 2 aliphatic heterocycles. The number of hydrogen-bond acceptors (Lipinski definition) is 6. The molecule has 3 rings (SSSR count). The summed E-state index contributed by atoms with van der Waals surface area (Å²) in [6.45, 7) is 7.89. The maximum Gasteiger partial charge on any atom is 0.490 e. The number of carboxylic acids is 1. The van der Waals surface area contributed by atoms with Gasteiger partial charge in [0.1, 0.15) is 6.10 Å². The number of amides is 1.